The van der Waals surface area contributed by atoms with Crippen molar-refractivity contribution in [2.45, 2.75) is 13.8 Å². The highest BCUT2D eigenvalue weighted by molar-refractivity contribution is 6.16. The molecule has 168 valence electrons. The van der Waals surface area contributed by atoms with Crippen LogP contribution < -0.4 is 11.1 Å². The molecule has 0 spiro atoms. The van der Waals surface area contributed by atoms with Gasteiger partial charge in [0.2, 0.25) is 0 Å². The standard InChI is InChI=1S/C26H22N6O2/c1-15-11-12-18(13-16(15)2)29-26(34)22-23-25(31-20-9-5-4-8-19(20)30-23)32(24(22)27)28-14-17-7-3-6-10-21(17)33/h3-14,33H,27H2,1-2H3,(H,29,34). The van der Waals surface area contributed by atoms with Gasteiger partial charge in [0, 0.05) is 11.3 Å². The molecule has 3 aromatic carbocycles. The quantitative estimate of drug-likeness (QED) is 0.345. The van der Waals surface area contributed by atoms with Gasteiger partial charge in [-0.05, 0) is 61.4 Å². The third kappa shape index (κ3) is 3.71. The lowest BCUT2D eigenvalue weighted by Crippen LogP contribution is -2.14. The fraction of sp³-hybridized carbons (Fsp3) is 0.0769. The van der Waals surface area contributed by atoms with Crippen LogP contribution >= 0.6 is 0 Å². The third-order valence-corrected chi connectivity index (χ3v) is 5.71. The number of nitrogens with two attached hydrogens (primary N) is 1. The van der Waals surface area contributed by atoms with E-state index in [0.717, 1.165) is 11.1 Å². The molecule has 8 nitrogen and oxygen atoms in total. The molecule has 34 heavy (non-hydrogen) atoms. The molecule has 4 N–H and O–H groups in total. The van der Waals surface area contributed by atoms with Crippen molar-refractivity contribution in [3.8, 4) is 5.75 Å². The molecule has 0 unspecified atom stereocenters. The van der Waals surface area contributed by atoms with E-state index in [1.54, 1.807) is 24.3 Å². The summed E-state index contributed by atoms with van der Waals surface area (Å²) in [6.45, 7) is 3.99. The average molecular weight is 451 g/mol. The number of carbonyl (C=O) groups excluding carboxylic acids is 1. The SMILES string of the molecule is Cc1ccc(NC(=O)c2c(N)n(N=Cc3ccccc3O)c3nc4ccccc4nc23)cc1C. The van der Waals surface area contributed by atoms with Gasteiger partial charge in [0.25, 0.3) is 5.91 Å². The van der Waals surface area contributed by atoms with Crippen LogP contribution in [-0.2, 0) is 0 Å². The minimum absolute atomic E-state index is 0.0746. The Labute approximate surface area is 195 Å². The largest absolute Gasteiger partial charge is 0.507 e. The Morgan fingerprint density at radius 3 is 2.44 bits per heavy atom. The van der Waals surface area contributed by atoms with Crippen LogP contribution in [-0.4, -0.2) is 31.9 Å². The molecule has 0 atom stereocenters. The molecule has 5 rings (SSSR count). The van der Waals surface area contributed by atoms with Gasteiger partial charge in [-0.1, -0.05) is 30.3 Å². The number of nitrogens with one attached hydrogen (secondary N) is 1. The maximum absolute atomic E-state index is 13.4. The van der Waals surface area contributed by atoms with E-state index in [9.17, 15) is 9.90 Å². The zero-order valence-electron chi connectivity index (χ0n) is 18.6. The number of phenolic OH excluding ortho intramolecular Hbond substituents is 1. The van der Waals surface area contributed by atoms with Gasteiger partial charge >= 0.3 is 0 Å². The minimum Gasteiger partial charge on any atom is -0.507 e. The lowest BCUT2D eigenvalue weighted by Gasteiger charge is -2.08. The summed E-state index contributed by atoms with van der Waals surface area (Å²) in [6.07, 6.45) is 1.47. The monoisotopic (exact) mass is 450 g/mol. The van der Waals surface area contributed by atoms with Crippen molar-refractivity contribution in [2.75, 3.05) is 11.1 Å². The molecule has 0 fully saturated rings. The number of nitrogens with zero attached hydrogens (tertiary/aromatic N) is 4. The Bertz CT molecular complexity index is 1600. The van der Waals surface area contributed by atoms with E-state index in [4.69, 9.17) is 5.73 Å². The zero-order valence-corrected chi connectivity index (χ0v) is 18.6. The Hall–Kier alpha value is -4.72. The van der Waals surface area contributed by atoms with Crippen LogP contribution in [0.1, 0.15) is 27.0 Å². The molecule has 0 radical (unpaired) electrons. The third-order valence-electron chi connectivity index (χ3n) is 5.71. The van der Waals surface area contributed by atoms with E-state index in [2.05, 4.69) is 20.4 Å². The number of para-hydroxylation sites is 3. The molecule has 2 heterocycles. The molecule has 0 aliphatic heterocycles. The van der Waals surface area contributed by atoms with Crippen molar-refractivity contribution in [2.24, 2.45) is 5.10 Å². The van der Waals surface area contributed by atoms with Crippen LogP contribution in [0.15, 0.2) is 71.8 Å². The Kier molecular flexibility index (Phi) is 5.18. The number of fused-ring (bicyclic) bond motifs is 2. The molecular weight excluding hydrogens is 428 g/mol. The summed E-state index contributed by atoms with van der Waals surface area (Å²) in [5, 5.41) is 17.4. The number of nitrogen functional groups attached to an aromatic ring is 1. The Balaban J connectivity index is 1.66. The van der Waals surface area contributed by atoms with Crippen molar-refractivity contribution in [3.05, 3.63) is 89.0 Å². The average Bonchev–Trinajstić information content (AvgIpc) is 3.09. The highest BCUT2D eigenvalue weighted by Crippen LogP contribution is 2.29. The summed E-state index contributed by atoms with van der Waals surface area (Å²) >= 11 is 0. The second-order valence-corrected chi connectivity index (χ2v) is 8.01. The summed E-state index contributed by atoms with van der Waals surface area (Å²) in [7, 11) is 0. The number of anilines is 2. The van der Waals surface area contributed by atoms with Crippen molar-refractivity contribution < 1.29 is 9.90 Å². The van der Waals surface area contributed by atoms with Crippen LogP contribution in [0, 0.1) is 13.8 Å². The maximum atomic E-state index is 13.4. The highest BCUT2D eigenvalue weighted by Gasteiger charge is 2.24. The predicted molar refractivity (Wildman–Crippen MR) is 134 cm³/mol. The molecule has 0 aliphatic rings. The summed E-state index contributed by atoms with van der Waals surface area (Å²) in [5.41, 5.74) is 11.9. The van der Waals surface area contributed by atoms with Gasteiger partial charge in [0.1, 0.15) is 22.6 Å². The van der Waals surface area contributed by atoms with Gasteiger partial charge in [-0.2, -0.15) is 9.78 Å². The predicted octanol–water partition coefficient (Wildman–Crippen LogP) is 4.62. The first kappa shape index (κ1) is 21.1. The number of aryl methyl sites for hydroxylation is 2. The van der Waals surface area contributed by atoms with E-state index in [-0.39, 0.29) is 17.1 Å². The second kappa shape index (κ2) is 8.32. The molecule has 2 aromatic heterocycles. The van der Waals surface area contributed by atoms with Gasteiger partial charge in [0.15, 0.2) is 5.65 Å². The molecule has 0 saturated heterocycles. The number of phenols is 1. The van der Waals surface area contributed by atoms with E-state index in [1.165, 1.54) is 10.9 Å². The summed E-state index contributed by atoms with van der Waals surface area (Å²) < 4.78 is 1.37. The Morgan fingerprint density at radius 1 is 1.00 bits per heavy atom. The summed E-state index contributed by atoms with van der Waals surface area (Å²) in [4.78, 5) is 22.7. The normalized spacial score (nSPS) is 11.5. The molecule has 8 heteroatoms. The first-order chi connectivity index (χ1) is 16.4. The van der Waals surface area contributed by atoms with E-state index in [1.807, 2.05) is 56.3 Å². The van der Waals surface area contributed by atoms with Crippen molar-refractivity contribution >= 4 is 45.8 Å². The molecule has 0 aliphatic carbocycles. The zero-order chi connectivity index (χ0) is 23.8. The summed E-state index contributed by atoms with van der Waals surface area (Å²) in [6, 6.07) is 19.8. The van der Waals surface area contributed by atoms with Crippen LogP contribution in [0.25, 0.3) is 22.2 Å². The minimum atomic E-state index is -0.410. The van der Waals surface area contributed by atoms with Crippen LogP contribution in [0.4, 0.5) is 11.5 Å². The fourth-order valence-electron chi connectivity index (χ4n) is 3.72. The fourth-order valence-corrected chi connectivity index (χ4v) is 3.72. The molecule has 0 bridgehead atoms. The van der Waals surface area contributed by atoms with Crippen LogP contribution in [0.3, 0.4) is 0 Å². The maximum Gasteiger partial charge on any atom is 0.261 e. The summed E-state index contributed by atoms with van der Waals surface area (Å²) in [5.74, 6) is -0.240. The second-order valence-electron chi connectivity index (χ2n) is 8.01. The Morgan fingerprint density at radius 2 is 1.71 bits per heavy atom. The number of carbonyl (C=O) groups is 1. The molecule has 5 aromatic rings. The first-order valence-corrected chi connectivity index (χ1v) is 10.7. The molecular formula is C26H22N6O2. The van der Waals surface area contributed by atoms with Gasteiger partial charge in [0.05, 0.1) is 17.2 Å². The van der Waals surface area contributed by atoms with Gasteiger partial charge in [-0.15, -0.1) is 0 Å². The molecule has 1 amide bonds. The van der Waals surface area contributed by atoms with Crippen LogP contribution in [0.5, 0.6) is 5.75 Å². The number of rotatable bonds is 4. The smallest absolute Gasteiger partial charge is 0.261 e. The molecule has 0 saturated carbocycles. The van der Waals surface area contributed by atoms with E-state index >= 15 is 0 Å². The first-order valence-electron chi connectivity index (χ1n) is 10.7. The number of amides is 1. The number of hydrogen-bond donors (Lipinski definition) is 3. The van der Waals surface area contributed by atoms with E-state index in [0.29, 0.717) is 33.4 Å². The van der Waals surface area contributed by atoms with Crippen molar-refractivity contribution in [1.82, 2.24) is 14.6 Å². The number of hydrogen-bond acceptors (Lipinski definition) is 6. The highest BCUT2D eigenvalue weighted by atomic mass is 16.3. The number of aromatic hydroxyl groups is 1. The van der Waals surface area contributed by atoms with Gasteiger partial charge < -0.3 is 16.2 Å². The number of aromatic nitrogens is 3. The van der Waals surface area contributed by atoms with Crippen molar-refractivity contribution in [3.63, 3.8) is 0 Å². The topological polar surface area (TPSA) is 118 Å². The lowest BCUT2D eigenvalue weighted by molar-refractivity contribution is 0.102. The lowest BCUT2D eigenvalue weighted by atomic mass is 10.1. The number of benzene rings is 3. The van der Waals surface area contributed by atoms with Gasteiger partial charge in [-0.25, -0.2) is 9.97 Å². The van der Waals surface area contributed by atoms with Gasteiger partial charge in [-0.3, -0.25) is 4.79 Å². The van der Waals surface area contributed by atoms with E-state index < -0.39 is 5.91 Å². The van der Waals surface area contributed by atoms with Crippen molar-refractivity contribution in [1.29, 1.82) is 0 Å². The van der Waals surface area contributed by atoms with Crippen LogP contribution in [0.2, 0.25) is 0 Å².